The topological polar surface area (TPSA) is 8.81 Å². The highest BCUT2D eigenvalue weighted by atomic mass is 15.1. The molecule has 0 bridgehead atoms. The Morgan fingerprint density at radius 3 is 2.50 bits per heavy atom. The van der Waals surface area contributed by atoms with Gasteiger partial charge in [-0.2, -0.15) is 0 Å². The maximum absolute atomic E-state index is 2.23. The van der Waals surface area contributed by atoms with E-state index in [1.54, 1.807) is 0 Å². The molecule has 2 heteroatoms. The van der Waals surface area contributed by atoms with Crippen LogP contribution in [0.3, 0.4) is 0 Å². The normalized spacial score (nSPS) is 10.4. The largest absolute Gasteiger partial charge is 0.258 e. The van der Waals surface area contributed by atoms with Gasteiger partial charge < -0.3 is 0 Å². The Hall–Kier alpha value is -1.57. The van der Waals surface area contributed by atoms with E-state index in [1.165, 1.54) is 11.5 Å². The third-order valence-electron chi connectivity index (χ3n) is 2.54. The summed E-state index contributed by atoms with van der Waals surface area (Å²) in [7, 11) is 0. The van der Waals surface area contributed by atoms with Crippen LogP contribution >= 0.6 is 0 Å². The SMILES string of the molecule is CC[n+]1ccn(-c2ccccc2)c1C. The third-order valence-corrected chi connectivity index (χ3v) is 2.54. The minimum Gasteiger partial charge on any atom is -0.234 e. The fraction of sp³-hybridized carbons (Fsp3) is 0.250. The second-order valence-electron chi connectivity index (χ2n) is 3.34. The zero-order valence-electron chi connectivity index (χ0n) is 8.64. The Kier molecular flexibility index (Phi) is 2.35. The van der Waals surface area contributed by atoms with Gasteiger partial charge in [-0.15, -0.1) is 0 Å². The van der Waals surface area contributed by atoms with Gasteiger partial charge in [-0.05, 0) is 19.1 Å². The van der Waals surface area contributed by atoms with Crippen LogP contribution in [-0.2, 0) is 6.54 Å². The lowest BCUT2D eigenvalue weighted by Crippen LogP contribution is -2.33. The van der Waals surface area contributed by atoms with Crippen molar-refractivity contribution in [3.8, 4) is 5.69 Å². The van der Waals surface area contributed by atoms with Crippen molar-refractivity contribution in [2.24, 2.45) is 0 Å². The van der Waals surface area contributed by atoms with Gasteiger partial charge in [0.15, 0.2) is 0 Å². The monoisotopic (exact) mass is 187 g/mol. The van der Waals surface area contributed by atoms with Gasteiger partial charge in [0.1, 0.15) is 18.1 Å². The lowest BCUT2D eigenvalue weighted by Gasteiger charge is -1.98. The maximum Gasteiger partial charge on any atom is 0.258 e. The molecule has 0 aliphatic carbocycles. The van der Waals surface area contributed by atoms with Crippen molar-refractivity contribution in [2.75, 3.05) is 0 Å². The predicted octanol–water partition coefficient (Wildman–Crippen LogP) is 2.09. The van der Waals surface area contributed by atoms with Crippen LogP contribution < -0.4 is 4.57 Å². The summed E-state index contributed by atoms with van der Waals surface area (Å²) < 4.78 is 4.43. The zero-order chi connectivity index (χ0) is 9.97. The summed E-state index contributed by atoms with van der Waals surface area (Å²) in [6.45, 7) is 5.31. The van der Waals surface area contributed by atoms with E-state index in [0.717, 1.165) is 6.54 Å². The number of aromatic nitrogens is 2. The van der Waals surface area contributed by atoms with E-state index < -0.39 is 0 Å². The molecule has 0 amide bonds. The zero-order valence-corrected chi connectivity index (χ0v) is 8.64. The van der Waals surface area contributed by atoms with Crippen LogP contribution in [0, 0.1) is 6.92 Å². The van der Waals surface area contributed by atoms with Crippen molar-refractivity contribution in [1.82, 2.24) is 4.57 Å². The van der Waals surface area contributed by atoms with Crippen LogP contribution in [0.1, 0.15) is 12.7 Å². The van der Waals surface area contributed by atoms with Crippen molar-refractivity contribution in [2.45, 2.75) is 20.4 Å². The van der Waals surface area contributed by atoms with Crippen molar-refractivity contribution < 1.29 is 4.57 Å². The van der Waals surface area contributed by atoms with E-state index in [9.17, 15) is 0 Å². The first kappa shape index (κ1) is 9.00. The molecule has 0 N–H and O–H groups in total. The van der Waals surface area contributed by atoms with Crippen molar-refractivity contribution in [3.63, 3.8) is 0 Å². The molecule has 72 valence electrons. The number of nitrogens with zero attached hydrogens (tertiary/aromatic N) is 2. The van der Waals surface area contributed by atoms with E-state index in [4.69, 9.17) is 0 Å². The average molecular weight is 187 g/mol. The molecule has 0 saturated heterocycles. The summed E-state index contributed by atoms with van der Waals surface area (Å²) in [5, 5.41) is 0. The third kappa shape index (κ3) is 1.43. The van der Waals surface area contributed by atoms with E-state index in [0.29, 0.717) is 0 Å². The summed E-state index contributed by atoms with van der Waals surface area (Å²) in [6.07, 6.45) is 4.22. The fourth-order valence-corrected chi connectivity index (χ4v) is 1.70. The molecular weight excluding hydrogens is 172 g/mol. The quantitative estimate of drug-likeness (QED) is 0.637. The Morgan fingerprint density at radius 2 is 1.93 bits per heavy atom. The highest BCUT2D eigenvalue weighted by Gasteiger charge is 2.11. The summed E-state index contributed by atoms with van der Waals surface area (Å²) in [6, 6.07) is 10.4. The fourth-order valence-electron chi connectivity index (χ4n) is 1.70. The van der Waals surface area contributed by atoms with Crippen LogP contribution in [0.4, 0.5) is 0 Å². The number of para-hydroxylation sites is 1. The first-order valence-corrected chi connectivity index (χ1v) is 4.95. The first-order valence-electron chi connectivity index (χ1n) is 4.95. The number of aryl methyl sites for hydroxylation is 1. The summed E-state index contributed by atoms with van der Waals surface area (Å²) in [5.74, 6) is 1.26. The number of benzene rings is 1. The molecule has 2 aromatic rings. The number of hydrogen-bond donors (Lipinski definition) is 0. The average Bonchev–Trinajstić information content (AvgIpc) is 2.61. The summed E-state index contributed by atoms with van der Waals surface area (Å²) in [5.41, 5.74) is 1.22. The Morgan fingerprint density at radius 1 is 1.21 bits per heavy atom. The van der Waals surface area contributed by atoms with E-state index >= 15 is 0 Å². The first-order chi connectivity index (χ1) is 6.83. The molecule has 0 unspecified atom stereocenters. The van der Waals surface area contributed by atoms with Gasteiger partial charge in [-0.1, -0.05) is 18.2 Å². The summed E-state index contributed by atoms with van der Waals surface area (Å²) >= 11 is 0. The van der Waals surface area contributed by atoms with Gasteiger partial charge in [0.2, 0.25) is 0 Å². The molecule has 0 spiro atoms. The summed E-state index contributed by atoms with van der Waals surface area (Å²) in [4.78, 5) is 0. The highest BCUT2D eigenvalue weighted by molar-refractivity contribution is 5.31. The molecule has 0 atom stereocenters. The van der Waals surface area contributed by atoms with Crippen molar-refractivity contribution in [3.05, 3.63) is 48.5 Å². The maximum atomic E-state index is 2.23. The second-order valence-corrected chi connectivity index (χ2v) is 3.34. The predicted molar refractivity (Wildman–Crippen MR) is 56.4 cm³/mol. The van der Waals surface area contributed by atoms with Crippen molar-refractivity contribution in [1.29, 1.82) is 0 Å². The molecule has 0 fully saturated rings. The molecular formula is C12H15N2+. The number of imidazole rings is 1. The van der Waals surface area contributed by atoms with Crippen molar-refractivity contribution >= 4 is 0 Å². The highest BCUT2D eigenvalue weighted by Crippen LogP contribution is 2.07. The Balaban J connectivity index is 2.48. The van der Waals surface area contributed by atoms with Gasteiger partial charge in [0.25, 0.3) is 5.82 Å². The lowest BCUT2D eigenvalue weighted by atomic mass is 10.3. The van der Waals surface area contributed by atoms with E-state index in [-0.39, 0.29) is 0 Å². The van der Waals surface area contributed by atoms with Gasteiger partial charge in [-0.3, -0.25) is 0 Å². The van der Waals surface area contributed by atoms with Crippen LogP contribution in [0.2, 0.25) is 0 Å². The molecule has 2 rings (SSSR count). The van der Waals surface area contributed by atoms with Gasteiger partial charge in [0, 0.05) is 6.92 Å². The molecule has 2 nitrogen and oxygen atoms in total. The minimum absolute atomic E-state index is 1.02. The molecule has 0 aliphatic rings. The van der Waals surface area contributed by atoms with Crippen LogP contribution in [0.25, 0.3) is 5.69 Å². The Labute approximate surface area is 84.4 Å². The molecule has 0 radical (unpaired) electrons. The van der Waals surface area contributed by atoms with Gasteiger partial charge >= 0.3 is 0 Å². The second kappa shape index (κ2) is 3.66. The van der Waals surface area contributed by atoms with Crippen LogP contribution in [0.5, 0.6) is 0 Å². The minimum atomic E-state index is 1.02. The molecule has 1 aromatic heterocycles. The molecule has 14 heavy (non-hydrogen) atoms. The molecule has 1 heterocycles. The molecule has 0 aliphatic heterocycles. The van der Waals surface area contributed by atoms with Gasteiger partial charge in [-0.25, -0.2) is 9.13 Å². The van der Waals surface area contributed by atoms with Crippen LogP contribution in [-0.4, -0.2) is 4.57 Å². The smallest absolute Gasteiger partial charge is 0.234 e. The van der Waals surface area contributed by atoms with E-state index in [2.05, 4.69) is 59.6 Å². The van der Waals surface area contributed by atoms with Gasteiger partial charge in [0.05, 0.1) is 6.54 Å². The number of hydrogen-bond acceptors (Lipinski definition) is 0. The van der Waals surface area contributed by atoms with Crippen LogP contribution in [0.15, 0.2) is 42.7 Å². The van der Waals surface area contributed by atoms with E-state index in [1.807, 2.05) is 6.07 Å². The Bertz CT molecular complexity index is 415. The standard InChI is InChI=1S/C12H15N2/c1-3-13-9-10-14(11(13)2)12-7-5-4-6-8-12/h4-10H,3H2,1-2H3/q+1. The lowest BCUT2D eigenvalue weighted by molar-refractivity contribution is -0.698. The molecule has 0 saturated carbocycles. The number of rotatable bonds is 2. The molecule has 1 aromatic carbocycles.